The highest BCUT2D eigenvalue weighted by molar-refractivity contribution is 7.99. The predicted octanol–water partition coefficient (Wildman–Crippen LogP) is 3.45. The number of likely N-dealkylation sites (tertiary alicyclic amines) is 1. The zero-order valence-corrected chi connectivity index (χ0v) is 15.7. The van der Waals surface area contributed by atoms with Crippen LogP contribution in [0, 0.1) is 5.82 Å². The molecule has 2 heterocycles. The molecule has 0 radical (unpaired) electrons. The predicted molar refractivity (Wildman–Crippen MR) is 101 cm³/mol. The van der Waals surface area contributed by atoms with Gasteiger partial charge in [0.2, 0.25) is 5.91 Å². The molecule has 26 heavy (non-hydrogen) atoms. The van der Waals surface area contributed by atoms with Gasteiger partial charge in [0, 0.05) is 36.7 Å². The molecule has 5 nitrogen and oxygen atoms in total. The summed E-state index contributed by atoms with van der Waals surface area (Å²) < 4.78 is 13.5. The van der Waals surface area contributed by atoms with Gasteiger partial charge < -0.3 is 15.5 Å². The first-order chi connectivity index (χ1) is 12.6. The van der Waals surface area contributed by atoms with Crippen molar-refractivity contribution >= 4 is 23.7 Å². The Bertz CT molecular complexity index is 656. The quantitative estimate of drug-likeness (QED) is 0.771. The van der Waals surface area contributed by atoms with Crippen molar-refractivity contribution in [3.63, 3.8) is 0 Å². The standard InChI is InChI=1S/C19H26FN3O2S/c20-14-6-7-17-15(13-14)16(8-12-26-17)22-19(25)21-9-4-11-23-10-3-1-2-5-18(23)24/h6-7,13,16H,1-5,8-12H2,(H2,21,22,25)/t16-/m0/s1. The van der Waals surface area contributed by atoms with Gasteiger partial charge in [-0.3, -0.25) is 4.79 Å². The molecule has 0 spiro atoms. The molecule has 3 amide bonds. The van der Waals surface area contributed by atoms with Crippen LogP contribution in [0.25, 0.3) is 0 Å². The number of carbonyl (C=O) groups is 2. The molecule has 1 aromatic rings. The normalized spacial score (nSPS) is 20.3. The third-order valence-electron chi connectivity index (χ3n) is 4.88. The van der Waals surface area contributed by atoms with Gasteiger partial charge in [-0.05, 0) is 49.4 Å². The minimum absolute atomic E-state index is 0.158. The van der Waals surface area contributed by atoms with E-state index in [9.17, 15) is 14.0 Å². The number of carbonyl (C=O) groups excluding carboxylic acids is 2. The summed E-state index contributed by atoms with van der Waals surface area (Å²) in [4.78, 5) is 27.1. The van der Waals surface area contributed by atoms with Crippen molar-refractivity contribution in [2.24, 2.45) is 0 Å². The largest absolute Gasteiger partial charge is 0.343 e. The molecule has 0 aliphatic carbocycles. The van der Waals surface area contributed by atoms with Crippen LogP contribution in [0.2, 0.25) is 0 Å². The number of nitrogens with zero attached hydrogens (tertiary/aromatic N) is 1. The first kappa shape index (κ1) is 19.0. The first-order valence-electron chi connectivity index (χ1n) is 9.38. The lowest BCUT2D eigenvalue weighted by Gasteiger charge is -2.26. The number of amides is 3. The van der Waals surface area contributed by atoms with Crippen LogP contribution in [0.5, 0.6) is 0 Å². The minimum atomic E-state index is -0.277. The molecule has 7 heteroatoms. The highest BCUT2D eigenvalue weighted by atomic mass is 32.2. The molecule has 2 aliphatic heterocycles. The Kier molecular flexibility index (Phi) is 6.77. The molecule has 0 saturated carbocycles. The molecular formula is C19H26FN3O2S. The van der Waals surface area contributed by atoms with Gasteiger partial charge in [0.05, 0.1) is 6.04 Å². The smallest absolute Gasteiger partial charge is 0.315 e. The van der Waals surface area contributed by atoms with E-state index in [1.165, 1.54) is 12.1 Å². The molecular weight excluding hydrogens is 353 g/mol. The second-order valence-corrected chi connectivity index (χ2v) is 7.95. The third kappa shape index (κ3) is 5.13. The number of hydrogen-bond acceptors (Lipinski definition) is 3. The summed E-state index contributed by atoms with van der Waals surface area (Å²) >= 11 is 1.69. The molecule has 2 aliphatic rings. The van der Waals surface area contributed by atoms with E-state index in [-0.39, 0.29) is 23.8 Å². The molecule has 0 bridgehead atoms. The fourth-order valence-corrected chi connectivity index (χ4v) is 4.58. The number of rotatable bonds is 5. The van der Waals surface area contributed by atoms with Crippen molar-refractivity contribution in [1.82, 2.24) is 15.5 Å². The summed E-state index contributed by atoms with van der Waals surface area (Å²) in [5.74, 6) is 0.853. The second-order valence-electron chi connectivity index (χ2n) is 6.82. The van der Waals surface area contributed by atoms with Crippen molar-refractivity contribution < 1.29 is 14.0 Å². The monoisotopic (exact) mass is 379 g/mol. The zero-order valence-electron chi connectivity index (χ0n) is 14.9. The van der Waals surface area contributed by atoms with Crippen molar-refractivity contribution in [3.05, 3.63) is 29.6 Å². The van der Waals surface area contributed by atoms with E-state index < -0.39 is 0 Å². The fourth-order valence-electron chi connectivity index (χ4n) is 3.47. The number of fused-ring (bicyclic) bond motifs is 1. The van der Waals surface area contributed by atoms with Crippen LogP contribution >= 0.6 is 11.8 Å². The Balaban J connectivity index is 1.42. The second kappa shape index (κ2) is 9.26. The average Bonchev–Trinajstić information content (AvgIpc) is 2.83. The van der Waals surface area contributed by atoms with E-state index in [4.69, 9.17) is 0 Å². The van der Waals surface area contributed by atoms with E-state index in [1.54, 1.807) is 17.8 Å². The minimum Gasteiger partial charge on any atom is -0.343 e. The number of benzene rings is 1. The number of thioether (sulfide) groups is 1. The lowest BCUT2D eigenvalue weighted by molar-refractivity contribution is -0.130. The lowest BCUT2D eigenvalue weighted by Crippen LogP contribution is -2.40. The summed E-state index contributed by atoms with van der Waals surface area (Å²) in [5, 5.41) is 5.81. The van der Waals surface area contributed by atoms with Gasteiger partial charge >= 0.3 is 6.03 Å². The number of halogens is 1. The molecule has 3 rings (SSSR count). The van der Waals surface area contributed by atoms with Crippen LogP contribution in [-0.2, 0) is 4.79 Å². The third-order valence-corrected chi connectivity index (χ3v) is 6.00. The fraction of sp³-hybridized carbons (Fsp3) is 0.579. The molecule has 2 N–H and O–H groups in total. The topological polar surface area (TPSA) is 61.4 Å². The SMILES string of the molecule is O=C(NCCCN1CCCCCC1=O)N[C@H]1CCSc2ccc(F)cc21. The van der Waals surface area contributed by atoms with Gasteiger partial charge in [0.1, 0.15) is 5.82 Å². The van der Waals surface area contributed by atoms with Gasteiger partial charge in [0.25, 0.3) is 0 Å². The molecule has 1 saturated heterocycles. The van der Waals surface area contributed by atoms with Gasteiger partial charge in [-0.1, -0.05) is 6.42 Å². The molecule has 142 valence electrons. The van der Waals surface area contributed by atoms with Gasteiger partial charge in [-0.2, -0.15) is 0 Å². The van der Waals surface area contributed by atoms with Crippen molar-refractivity contribution in [2.75, 3.05) is 25.4 Å². The van der Waals surface area contributed by atoms with Crippen LogP contribution in [0.3, 0.4) is 0 Å². The summed E-state index contributed by atoms with van der Waals surface area (Å²) in [7, 11) is 0. The molecule has 1 fully saturated rings. The van der Waals surface area contributed by atoms with Crippen LogP contribution in [0.4, 0.5) is 9.18 Å². The Morgan fingerprint density at radius 3 is 3.08 bits per heavy atom. The Morgan fingerprint density at radius 2 is 2.19 bits per heavy atom. The Morgan fingerprint density at radius 1 is 1.31 bits per heavy atom. The maximum Gasteiger partial charge on any atom is 0.315 e. The maximum atomic E-state index is 13.5. The first-order valence-corrected chi connectivity index (χ1v) is 10.4. The van der Waals surface area contributed by atoms with E-state index >= 15 is 0 Å². The zero-order chi connectivity index (χ0) is 18.4. The lowest BCUT2D eigenvalue weighted by atomic mass is 10.0. The highest BCUT2D eigenvalue weighted by Crippen LogP contribution is 2.36. The van der Waals surface area contributed by atoms with E-state index in [1.807, 2.05) is 4.90 Å². The number of urea groups is 1. The van der Waals surface area contributed by atoms with E-state index in [0.29, 0.717) is 19.5 Å². The van der Waals surface area contributed by atoms with Crippen molar-refractivity contribution in [3.8, 4) is 0 Å². The number of nitrogens with one attached hydrogen (secondary N) is 2. The Labute approximate surface area is 158 Å². The summed E-state index contributed by atoms with van der Waals surface area (Å²) in [5.41, 5.74) is 0.853. The van der Waals surface area contributed by atoms with E-state index in [0.717, 1.165) is 54.9 Å². The molecule has 1 atom stereocenters. The van der Waals surface area contributed by atoms with Crippen molar-refractivity contribution in [2.45, 2.75) is 49.5 Å². The van der Waals surface area contributed by atoms with Crippen molar-refractivity contribution in [1.29, 1.82) is 0 Å². The summed E-state index contributed by atoms with van der Waals surface area (Å²) in [6, 6.07) is 4.35. The van der Waals surface area contributed by atoms with Crippen LogP contribution in [0.15, 0.2) is 23.1 Å². The molecule has 0 unspecified atom stereocenters. The van der Waals surface area contributed by atoms with Crippen LogP contribution < -0.4 is 10.6 Å². The summed E-state index contributed by atoms with van der Waals surface area (Å²) in [6.45, 7) is 2.04. The van der Waals surface area contributed by atoms with E-state index in [2.05, 4.69) is 10.6 Å². The molecule has 1 aromatic carbocycles. The van der Waals surface area contributed by atoms with Crippen LogP contribution in [-0.4, -0.2) is 42.2 Å². The highest BCUT2D eigenvalue weighted by Gasteiger charge is 2.23. The van der Waals surface area contributed by atoms with Gasteiger partial charge in [-0.15, -0.1) is 11.8 Å². The average molecular weight is 380 g/mol. The van der Waals surface area contributed by atoms with Crippen LogP contribution in [0.1, 0.15) is 50.1 Å². The van der Waals surface area contributed by atoms with Gasteiger partial charge in [0.15, 0.2) is 0 Å². The molecule has 0 aromatic heterocycles. The number of hydrogen-bond donors (Lipinski definition) is 2. The van der Waals surface area contributed by atoms with Gasteiger partial charge in [-0.25, -0.2) is 9.18 Å². The summed E-state index contributed by atoms with van der Waals surface area (Å²) in [6.07, 6.45) is 5.34. The maximum absolute atomic E-state index is 13.5. The Hall–Kier alpha value is -1.76.